The molecule has 1 aromatic rings. The highest BCUT2D eigenvalue weighted by molar-refractivity contribution is 6.04. The van der Waals surface area contributed by atoms with Crippen LogP contribution < -0.4 is 9.47 Å². The van der Waals surface area contributed by atoms with Crippen molar-refractivity contribution in [3.05, 3.63) is 71.6 Å². The van der Waals surface area contributed by atoms with Gasteiger partial charge in [-0.25, -0.2) is 5.01 Å². The van der Waals surface area contributed by atoms with Gasteiger partial charge < -0.3 is 18.9 Å². The van der Waals surface area contributed by atoms with E-state index in [1.54, 1.807) is 14.2 Å². The summed E-state index contributed by atoms with van der Waals surface area (Å²) in [4.78, 5) is 12.9. The summed E-state index contributed by atoms with van der Waals surface area (Å²) in [6, 6.07) is 5.58. The number of ether oxygens (including phenoxy) is 4. The van der Waals surface area contributed by atoms with E-state index in [0.717, 1.165) is 29.7 Å². The first-order valence-corrected chi connectivity index (χ1v) is 9.41. The molecule has 0 aromatic heterocycles. The average Bonchev–Trinajstić information content (AvgIpc) is 3.29. The van der Waals surface area contributed by atoms with Gasteiger partial charge in [0, 0.05) is 12.0 Å². The van der Waals surface area contributed by atoms with E-state index in [9.17, 15) is 4.79 Å². The monoisotopic (exact) mass is 394 g/mol. The van der Waals surface area contributed by atoms with Gasteiger partial charge in [-0.05, 0) is 36.6 Å². The third-order valence-corrected chi connectivity index (χ3v) is 4.86. The van der Waals surface area contributed by atoms with Crippen LogP contribution in [0.1, 0.15) is 24.8 Å². The van der Waals surface area contributed by atoms with Gasteiger partial charge in [-0.15, -0.1) is 0 Å². The lowest BCUT2D eigenvalue weighted by Crippen LogP contribution is -2.27. The molecule has 0 saturated heterocycles. The van der Waals surface area contributed by atoms with E-state index in [-0.39, 0.29) is 11.7 Å². The van der Waals surface area contributed by atoms with Crippen molar-refractivity contribution in [2.75, 3.05) is 20.8 Å². The van der Waals surface area contributed by atoms with E-state index < -0.39 is 0 Å². The number of carbonyl (C=O) groups excluding carboxylic acids is 1. The Hall–Kier alpha value is -3.48. The molecule has 3 aliphatic rings. The van der Waals surface area contributed by atoms with Gasteiger partial charge in [-0.1, -0.05) is 18.2 Å². The Morgan fingerprint density at radius 2 is 2.00 bits per heavy atom. The van der Waals surface area contributed by atoms with Crippen LogP contribution in [0, 0.1) is 0 Å². The van der Waals surface area contributed by atoms with Gasteiger partial charge in [0.15, 0.2) is 17.3 Å². The van der Waals surface area contributed by atoms with Gasteiger partial charge in [0.1, 0.15) is 12.5 Å². The van der Waals surface area contributed by atoms with Gasteiger partial charge in [-0.3, -0.25) is 4.79 Å². The molecule has 0 radical (unpaired) electrons. The zero-order valence-electron chi connectivity index (χ0n) is 16.4. The molecule has 0 saturated carbocycles. The predicted octanol–water partition coefficient (Wildman–Crippen LogP) is 3.65. The van der Waals surface area contributed by atoms with E-state index >= 15 is 0 Å². The maximum absolute atomic E-state index is 12.9. The molecule has 0 bridgehead atoms. The molecule has 7 nitrogen and oxygen atoms in total. The molecule has 1 aromatic carbocycles. The number of carbonyl (C=O) groups is 1. The fourth-order valence-corrected chi connectivity index (χ4v) is 3.32. The first-order chi connectivity index (χ1) is 14.2. The number of rotatable bonds is 5. The number of hydrogen-bond acceptors (Lipinski definition) is 6. The number of hydrazone groups is 1. The molecule has 0 atom stereocenters. The molecular weight excluding hydrogens is 372 g/mol. The molecular formula is C22H22N2O5. The van der Waals surface area contributed by atoms with Crippen LogP contribution in [-0.4, -0.2) is 37.4 Å². The molecule has 0 N–H and O–H groups in total. The summed E-state index contributed by atoms with van der Waals surface area (Å²) in [5.74, 6) is 1.61. The van der Waals surface area contributed by atoms with Crippen LogP contribution in [0.25, 0.3) is 0 Å². The quantitative estimate of drug-likeness (QED) is 0.763. The van der Waals surface area contributed by atoms with Crippen molar-refractivity contribution < 1.29 is 23.7 Å². The number of benzene rings is 1. The molecule has 2 heterocycles. The van der Waals surface area contributed by atoms with Crippen LogP contribution in [0.5, 0.6) is 11.5 Å². The summed E-state index contributed by atoms with van der Waals surface area (Å²) in [7, 11) is 3.18. The van der Waals surface area contributed by atoms with Gasteiger partial charge >= 0.3 is 5.91 Å². The minimum Gasteiger partial charge on any atom is -0.493 e. The zero-order valence-corrected chi connectivity index (χ0v) is 16.4. The molecule has 0 fully saturated rings. The number of nitrogens with zero attached hydrogens (tertiary/aromatic N) is 2. The van der Waals surface area contributed by atoms with E-state index in [1.165, 1.54) is 17.5 Å². The van der Waals surface area contributed by atoms with Gasteiger partial charge in [-0.2, -0.15) is 5.10 Å². The lowest BCUT2D eigenvalue weighted by molar-refractivity contribution is -0.130. The normalized spacial score (nSPS) is 18.1. The molecule has 150 valence electrons. The average molecular weight is 394 g/mol. The predicted molar refractivity (Wildman–Crippen MR) is 107 cm³/mol. The zero-order chi connectivity index (χ0) is 20.2. The second-order valence-corrected chi connectivity index (χ2v) is 6.66. The van der Waals surface area contributed by atoms with Crippen molar-refractivity contribution in [1.29, 1.82) is 0 Å². The standard InChI is InChI=1S/C22H22N2O5/c1-26-18-9-8-16(12-19(18)27-2)17-10-11-24(23-17)22(25)21-14-28-13-20(29-21)15-6-4-3-5-7-15/h3-4,6,8-9,12-14H,5,7,10-11H2,1-2H3. The molecule has 1 amide bonds. The minimum atomic E-state index is -0.335. The third-order valence-electron chi connectivity index (χ3n) is 4.86. The van der Waals surface area contributed by atoms with Crippen molar-refractivity contribution in [1.82, 2.24) is 5.01 Å². The highest BCUT2D eigenvalue weighted by Crippen LogP contribution is 2.30. The first-order valence-electron chi connectivity index (χ1n) is 9.41. The van der Waals surface area contributed by atoms with Crippen molar-refractivity contribution in [2.45, 2.75) is 19.3 Å². The smallest absolute Gasteiger partial charge is 0.312 e. The van der Waals surface area contributed by atoms with E-state index in [1.807, 2.05) is 30.4 Å². The molecule has 4 rings (SSSR count). The Balaban J connectivity index is 1.48. The summed E-state index contributed by atoms with van der Waals surface area (Å²) in [6.45, 7) is 0.466. The molecule has 2 aliphatic heterocycles. The summed E-state index contributed by atoms with van der Waals surface area (Å²) < 4.78 is 21.8. The summed E-state index contributed by atoms with van der Waals surface area (Å²) in [6.07, 6.45) is 11.3. The number of allylic oxidation sites excluding steroid dienone is 4. The van der Waals surface area contributed by atoms with E-state index in [2.05, 4.69) is 11.2 Å². The van der Waals surface area contributed by atoms with Crippen molar-refractivity contribution >= 4 is 11.6 Å². The Morgan fingerprint density at radius 1 is 1.14 bits per heavy atom. The Morgan fingerprint density at radius 3 is 2.76 bits per heavy atom. The second kappa shape index (κ2) is 8.26. The fraction of sp³-hybridized carbons (Fsp3) is 0.273. The van der Waals surface area contributed by atoms with E-state index in [4.69, 9.17) is 18.9 Å². The topological polar surface area (TPSA) is 69.6 Å². The highest BCUT2D eigenvalue weighted by atomic mass is 16.5. The molecule has 1 aliphatic carbocycles. The van der Waals surface area contributed by atoms with Gasteiger partial charge in [0.25, 0.3) is 0 Å². The molecule has 0 spiro atoms. The van der Waals surface area contributed by atoms with Crippen molar-refractivity contribution in [3.8, 4) is 11.5 Å². The minimum absolute atomic E-state index is 0.121. The summed E-state index contributed by atoms with van der Waals surface area (Å²) in [5.41, 5.74) is 2.68. The van der Waals surface area contributed by atoms with Crippen LogP contribution in [0.3, 0.4) is 0 Å². The lowest BCUT2D eigenvalue weighted by Gasteiger charge is -2.20. The Bertz CT molecular complexity index is 971. The highest BCUT2D eigenvalue weighted by Gasteiger charge is 2.29. The Labute approximate surface area is 169 Å². The maximum Gasteiger partial charge on any atom is 0.312 e. The van der Waals surface area contributed by atoms with Crippen LogP contribution >= 0.6 is 0 Å². The Kier molecular flexibility index (Phi) is 5.37. The second-order valence-electron chi connectivity index (χ2n) is 6.66. The van der Waals surface area contributed by atoms with Crippen LogP contribution in [0.15, 0.2) is 71.1 Å². The fourth-order valence-electron chi connectivity index (χ4n) is 3.32. The van der Waals surface area contributed by atoms with Gasteiger partial charge in [0.05, 0.1) is 26.5 Å². The van der Waals surface area contributed by atoms with Crippen LogP contribution in [0.2, 0.25) is 0 Å². The van der Waals surface area contributed by atoms with Crippen molar-refractivity contribution in [2.24, 2.45) is 5.10 Å². The summed E-state index contributed by atoms with van der Waals surface area (Å²) in [5, 5.41) is 5.89. The maximum atomic E-state index is 12.9. The van der Waals surface area contributed by atoms with Crippen LogP contribution in [-0.2, 0) is 14.3 Å². The largest absolute Gasteiger partial charge is 0.493 e. The van der Waals surface area contributed by atoms with Crippen LogP contribution in [0.4, 0.5) is 0 Å². The van der Waals surface area contributed by atoms with Crippen molar-refractivity contribution in [3.63, 3.8) is 0 Å². The number of amides is 1. The third kappa shape index (κ3) is 3.89. The number of hydrogen-bond donors (Lipinski definition) is 0. The lowest BCUT2D eigenvalue weighted by atomic mass is 10.0. The molecule has 29 heavy (non-hydrogen) atoms. The SMILES string of the molecule is COc1ccc(C2=NN(C(=O)C3=COC=C(C4=CC=CCC4)O3)CC2)cc1OC. The number of methoxy groups -OCH3 is 2. The molecule has 7 heteroatoms. The first kappa shape index (κ1) is 18.9. The van der Waals surface area contributed by atoms with E-state index in [0.29, 0.717) is 30.2 Å². The van der Waals surface area contributed by atoms with Gasteiger partial charge in [0.2, 0.25) is 5.76 Å². The summed E-state index contributed by atoms with van der Waals surface area (Å²) >= 11 is 0. The molecule has 0 unspecified atom stereocenters.